The molecule has 5 heavy (non-hydrogen) atoms. The molecule has 0 atom stereocenters. The Balaban J connectivity index is 0. The van der Waals surface area contributed by atoms with E-state index in [0.717, 1.165) is 0 Å². The summed E-state index contributed by atoms with van der Waals surface area (Å²) in [4.78, 5) is 0. The van der Waals surface area contributed by atoms with E-state index in [1.54, 1.807) is 0 Å². The quantitative estimate of drug-likeness (QED) is 0.317. The molecule has 0 saturated heterocycles. The fourth-order valence-corrected chi connectivity index (χ4v) is 0. The van der Waals surface area contributed by atoms with E-state index in [2.05, 4.69) is 34.9 Å². The lowest BCUT2D eigenvalue weighted by molar-refractivity contribution is 0.824. The fraction of sp³-hybridized carbons (Fsp3) is 1.00. The molecule has 0 amide bonds. The second-order valence-corrected chi connectivity index (χ2v) is 9.11. The van der Waals surface area contributed by atoms with E-state index < -0.39 is 0 Å². The van der Waals surface area contributed by atoms with Crippen LogP contribution in [0.5, 0.6) is 0 Å². The molecule has 0 rings (SSSR count). The van der Waals surface area contributed by atoms with Crippen LogP contribution < -0.4 is 0 Å². The second-order valence-electron chi connectivity index (χ2n) is 0.878. The van der Waals surface area contributed by atoms with Crippen LogP contribution in [-0.4, -0.2) is 11.8 Å². The van der Waals surface area contributed by atoms with Gasteiger partial charge in [0.15, 0.2) is 0 Å². The lowest BCUT2D eigenvalue weighted by Crippen LogP contribution is -1.77. The monoisotopic (exact) mass is 203 g/mol. The summed E-state index contributed by atoms with van der Waals surface area (Å²) >= 11 is 2.45. The summed E-state index contributed by atoms with van der Waals surface area (Å²) in [6.07, 6.45) is 0.0904. The molecule has 0 fully saturated rings. The fourth-order valence-electron chi connectivity index (χ4n) is 0. The zero-order valence-electron chi connectivity index (χ0n) is 3.38. The van der Waals surface area contributed by atoms with Gasteiger partial charge >= 0.3 is 0 Å². The third-order valence-corrected chi connectivity index (χ3v) is 0. The summed E-state index contributed by atoms with van der Waals surface area (Å²) in [6.45, 7) is 4.51. The van der Waals surface area contributed by atoms with Gasteiger partial charge in [0.25, 0.3) is 0 Å². The highest BCUT2D eigenvalue weighted by Gasteiger charge is 1.76. The van der Waals surface area contributed by atoms with Gasteiger partial charge in [-0.25, -0.2) is 0 Å². The van der Waals surface area contributed by atoms with Crippen LogP contribution in [0.3, 0.4) is 0 Å². The van der Waals surface area contributed by atoms with Crippen molar-refractivity contribution < 1.29 is 5.48 Å². The van der Waals surface area contributed by atoms with Gasteiger partial charge in [0.1, 0.15) is 6.29 Å². The third-order valence-electron chi connectivity index (χ3n) is 0. The minimum Gasteiger partial charge on any atom is -0.412 e. The predicted octanol–water partition coefficient (Wildman–Crippen LogP) is 0.848. The molecule has 0 aromatic heterocycles. The average Bonchev–Trinajstić information content (AvgIpc) is 0.811. The lowest BCUT2D eigenvalue weighted by atomic mass is 11.9. The molecule has 0 heterocycles. The van der Waals surface area contributed by atoms with Crippen molar-refractivity contribution in [3.63, 3.8) is 0 Å². The zero-order chi connectivity index (χ0) is 3.58. The van der Waals surface area contributed by atoms with E-state index >= 15 is 0 Å². The van der Waals surface area contributed by atoms with Crippen molar-refractivity contribution in [2.45, 2.75) is 13.1 Å². The minimum atomic E-state index is 0. The second kappa shape index (κ2) is 4.91. The molecule has 0 aromatic rings. The van der Waals surface area contributed by atoms with Crippen molar-refractivity contribution in [3.05, 3.63) is 0 Å². The standard InChI is InChI=1S/C2H6ISi.H2O/c1-4(2)3;/h1-2H3;1H2. The summed E-state index contributed by atoms with van der Waals surface area (Å²) in [5.41, 5.74) is 0. The smallest absolute Gasteiger partial charge is 0.123 e. The highest BCUT2D eigenvalue weighted by Crippen LogP contribution is 1.86. The Labute approximate surface area is 46.9 Å². The Morgan fingerprint density at radius 1 is 1.40 bits per heavy atom. The Morgan fingerprint density at radius 2 is 1.40 bits per heavy atom. The topological polar surface area (TPSA) is 31.5 Å². The van der Waals surface area contributed by atoms with E-state index in [9.17, 15) is 0 Å². The van der Waals surface area contributed by atoms with Crippen LogP contribution in [0.1, 0.15) is 0 Å². The number of rotatable bonds is 0. The molecule has 0 bridgehead atoms. The van der Waals surface area contributed by atoms with Crippen LogP contribution in [0, 0.1) is 0 Å². The van der Waals surface area contributed by atoms with Gasteiger partial charge in [0.2, 0.25) is 0 Å². The molecule has 0 aromatic carbocycles. The summed E-state index contributed by atoms with van der Waals surface area (Å²) < 4.78 is 0. The maximum absolute atomic E-state index is 2.45. The van der Waals surface area contributed by atoms with Gasteiger partial charge in [-0.2, -0.15) is 0 Å². The Kier molecular flexibility index (Phi) is 9.14. The Morgan fingerprint density at radius 3 is 1.40 bits per heavy atom. The van der Waals surface area contributed by atoms with Crippen LogP contribution in [0.25, 0.3) is 0 Å². The highest BCUT2D eigenvalue weighted by molar-refractivity contribution is 14.1. The molecule has 0 spiro atoms. The van der Waals surface area contributed by atoms with Crippen LogP contribution in [0.4, 0.5) is 0 Å². The number of halogens is 1. The van der Waals surface area contributed by atoms with E-state index in [-0.39, 0.29) is 11.8 Å². The molecule has 0 unspecified atom stereocenters. The molecule has 2 N–H and O–H groups in total. The van der Waals surface area contributed by atoms with Crippen molar-refractivity contribution in [2.75, 3.05) is 0 Å². The van der Waals surface area contributed by atoms with E-state index in [1.807, 2.05) is 0 Å². The summed E-state index contributed by atoms with van der Waals surface area (Å²) in [5.74, 6) is 0. The molecule has 0 aliphatic rings. The van der Waals surface area contributed by atoms with Crippen LogP contribution >= 0.6 is 21.8 Å². The molecular formula is C2H8IOSi. The Bertz CT molecular complexity index is 14.4. The van der Waals surface area contributed by atoms with Gasteiger partial charge in [0, 0.05) is 0 Å². The van der Waals surface area contributed by atoms with Gasteiger partial charge in [0.05, 0.1) is 0 Å². The van der Waals surface area contributed by atoms with Crippen molar-refractivity contribution >= 4 is 28.1 Å². The number of hydrogen-bond acceptors (Lipinski definition) is 0. The molecule has 1 nitrogen and oxygen atoms in total. The first kappa shape index (κ1) is 9.32. The maximum Gasteiger partial charge on any atom is 0.123 e. The zero-order valence-corrected chi connectivity index (χ0v) is 6.54. The summed E-state index contributed by atoms with van der Waals surface area (Å²) in [6, 6.07) is 0. The van der Waals surface area contributed by atoms with Crippen molar-refractivity contribution in [1.29, 1.82) is 0 Å². The predicted molar refractivity (Wildman–Crippen MR) is 35.1 cm³/mol. The van der Waals surface area contributed by atoms with Crippen molar-refractivity contribution in [3.8, 4) is 0 Å². The molecule has 33 valence electrons. The van der Waals surface area contributed by atoms with Gasteiger partial charge in [-0.3, -0.25) is 0 Å². The van der Waals surface area contributed by atoms with Crippen LogP contribution in [0.2, 0.25) is 13.1 Å². The summed E-state index contributed by atoms with van der Waals surface area (Å²) in [7, 11) is 0. The Hall–Kier alpha value is 0.907. The normalized spacial score (nSPS) is 7.20. The molecule has 3 heteroatoms. The van der Waals surface area contributed by atoms with Gasteiger partial charge in [-0.1, -0.05) is 13.1 Å². The molecule has 0 aliphatic carbocycles. The SMILES string of the molecule is C[Si](C)I.O. The lowest BCUT2D eigenvalue weighted by Gasteiger charge is -1.71. The number of hydrogen-bond donors (Lipinski definition) is 0. The molecule has 0 saturated carbocycles. The molecular weight excluding hydrogens is 195 g/mol. The minimum absolute atomic E-state index is 0. The maximum atomic E-state index is 2.45. The van der Waals surface area contributed by atoms with E-state index in [4.69, 9.17) is 0 Å². The van der Waals surface area contributed by atoms with Crippen LogP contribution in [0.15, 0.2) is 0 Å². The van der Waals surface area contributed by atoms with Crippen molar-refractivity contribution in [2.24, 2.45) is 0 Å². The average molecular weight is 203 g/mol. The van der Waals surface area contributed by atoms with Gasteiger partial charge in [-0.05, 0) is 0 Å². The van der Waals surface area contributed by atoms with E-state index in [0.29, 0.717) is 0 Å². The molecule has 1 radical (unpaired) electrons. The van der Waals surface area contributed by atoms with Crippen molar-refractivity contribution in [1.82, 2.24) is 0 Å². The molecule has 0 aliphatic heterocycles. The van der Waals surface area contributed by atoms with Crippen LogP contribution in [-0.2, 0) is 0 Å². The first-order chi connectivity index (χ1) is 1.73. The highest BCUT2D eigenvalue weighted by atomic mass is 127. The van der Waals surface area contributed by atoms with E-state index in [1.165, 1.54) is 0 Å². The summed E-state index contributed by atoms with van der Waals surface area (Å²) in [5, 5.41) is 0. The first-order valence-electron chi connectivity index (χ1n) is 1.19. The first-order valence-corrected chi connectivity index (χ1v) is 6.80. The largest absolute Gasteiger partial charge is 0.412 e. The van der Waals surface area contributed by atoms with Gasteiger partial charge < -0.3 is 5.48 Å². The van der Waals surface area contributed by atoms with Gasteiger partial charge in [-0.15, -0.1) is 21.8 Å². The third kappa shape index (κ3) is 50.4.